The van der Waals surface area contributed by atoms with Gasteiger partial charge in [0.05, 0.1) is 15.7 Å². The van der Waals surface area contributed by atoms with E-state index in [9.17, 15) is 0 Å². The van der Waals surface area contributed by atoms with E-state index in [1.807, 2.05) is 11.8 Å². The molecule has 3 N–H and O–H groups in total. The van der Waals surface area contributed by atoms with Crippen LogP contribution in [-0.2, 0) is 0 Å². The lowest BCUT2D eigenvalue weighted by molar-refractivity contribution is 0.516. The molecular formula is C12H16Cl2N2S. The van der Waals surface area contributed by atoms with Crippen LogP contribution < -0.4 is 11.1 Å². The molecule has 0 radical (unpaired) electrons. The molecule has 0 unspecified atom stereocenters. The summed E-state index contributed by atoms with van der Waals surface area (Å²) in [5, 5.41) is 4.54. The van der Waals surface area contributed by atoms with Crippen molar-refractivity contribution in [1.82, 2.24) is 0 Å². The van der Waals surface area contributed by atoms with Gasteiger partial charge in [-0.05, 0) is 42.4 Å². The molecule has 0 spiro atoms. The summed E-state index contributed by atoms with van der Waals surface area (Å²) in [7, 11) is 0. The zero-order chi connectivity index (χ0) is 12.3. The summed E-state index contributed by atoms with van der Waals surface area (Å²) in [6.07, 6.45) is 2.53. The van der Waals surface area contributed by atoms with Gasteiger partial charge in [-0.1, -0.05) is 23.2 Å². The number of nitrogens with one attached hydrogen (secondary N) is 1. The van der Waals surface area contributed by atoms with Crippen LogP contribution in [0.5, 0.6) is 0 Å². The Morgan fingerprint density at radius 2 is 1.82 bits per heavy atom. The van der Waals surface area contributed by atoms with Gasteiger partial charge in [0.25, 0.3) is 0 Å². The molecular weight excluding hydrogens is 275 g/mol. The average molecular weight is 291 g/mol. The molecule has 0 amide bonds. The molecule has 5 heteroatoms. The van der Waals surface area contributed by atoms with Crippen molar-refractivity contribution in [2.24, 2.45) is 5.92 Å². The van der Waals surface area contributed by atoms with Crippen molar-refractivity contribution in [3.63, 3.8) is 0 Å². The van der Waals surface area contributed by atoms with Crippen LogP contribution in [0.2, 0.25) is 10.0 Å². The Bertz CT molecular complexity index is 369. The Hall–Kier alpha value is -0.250. The molecule has 1 aliphatic rings. The molecule has 0 bridgehead atoms. The Labute approximate surface area is 116 Å². The molecule has 1 aromatic carbocycles. The lowest BCUT2D eigenvalue weighted by atomic mass is 10.0. The maximum atomic E-state index is 6.12. The normalized spacial score (nSPS) is 17.1. The third-order valence-corrected chi connectivity index (χ3v) is 4.62. The predicted octanol–water partition coefficient (Wildman–Crippen LogP) is 4.13. The number of hydrogen-bond donors (Lipinski definition) is 2. The molecule has 17 heavy (non-hydrogen) atoms. The highest BCUT2D eigenvalue weighted by Crippen LogP contribution is 2.33. The van der Waals surface area contributed by atoms with Crippen LogP contribution in [0.15, 0.2) is 12.1 Å². The summed E-state index contributed by atoms with van der Waals surface area (Å²) in [5.74, 6) is 3.24. The first-order valence-corrected chi connectivity index (χ1v) is 7.64. The number of anilines is 2. The molecule has 0 atom stereocenters. The molecule has 2 nitrogen and oxygen atoms in total. The van der Waals surface area contributed by atoms with Gasteiger partial charge in [-0.25, -0.2) is 0 Å². The van der Waals surface area contributed by atoms with Crippen LogP contribution in [0, 0.1) is 5.92 Å². The zero-order valence-corrected chi connectivity index (χ0v) is 11.8. The van der Waals surface area contributed by atoms with Crippen LogP contribution in [0.25, 0.3) is 0 Å². The van der Waals surface area contributed by atoms with E-state index in [1.165, 1.54) is 24.3 Å². The van der Waals surface area contributed by atoms with E-state index in [2.05, 4.69) is 5.32 Å². The first-order chi connectivity index (χ1) is 8.16. The minimum atomic E-state index is 0.597. The van der Waals surface area contributed by atoms with E-state index in [4.69, 9.17) is 28.9 Å². The molecule has 0 saturated carbocycles. The Balaban J connectivity index is 1.98. The second kappa shape index (κ2) is 6.07. The number of thioether (sulfide) groups is 1. The molecule has 1 aromatic rings. The quantitative estimate of drug-likeness (QED) is 0.822. The van der Waals surface area contributed by atoms with Crippen LogP contribution in [0.4, 0.5) is 11.4 Å². The summed E-state index contributed by atoms with van der Waals surface area (Å²) in [6, 6.07) is 3.46. The minimum Gasteiger partial charge on any atom is -0.399 e. The number of nitrogens with two attached hydrogens (primary N) is 1. The Kier molecular flexibility index (Phi) is 4.71. The third-order valence-electron chi connectivity index (χ3n) is 2.97. The van der Waals surface area contributed by atoms with E-state index in [0.29, 0.717) is 15.7 Å². The lowest BCUT2D eigenvalue weighted by Crippen LogP contribution is -2.19. The number of nitrogen functional groups attached to an aromatic ring is 1. The van der Waals surface area contributed by atoms with E-state index in [-0.39, 0.29) is 0 Å². The van der Waals surface area contributed by atoms with Crippen molar-refractivity contribution in [1.29, 1.82) is 0 Å². The maximum absolute atomic E-state index is 6.12. The third kappa shape index (κ3) is 3.60. The minimum absolute atomic E-state index is 0.597. The highest BCUT2D eigenvalue weighted by atomic mass is 35.5. The first kappa shape index (κ1) is 13.2. The fourth-order valence-electron chi connectivity index (χ4n) is 1.96. The van der Waals surface area contributed by atoms with Crippen LogP contribution in [-0.4, -0.2) is 18.1 Å². The fourth-order valence-corrected chi connectivity index (χ4v) is 3.80. The van der Waals surface area contributed by atoms with Gasteiger partial charge in [0.15, 0.2) is 0 Å². The van der Waals surface area contributed by atoms with Crippen LogP contribution >= 0.6 is 35.0 Å². The topological polar surface area (TPSA) is 38.0 Å². The fraction of sp³-hybridized carbons (Fsp3) is 0.500. The molecule has 1 saturated heterocycles. The molecule has 1 heterocycles. The standard InChI is InChI=1S/C12H16Cl2N2S/c13-10-5-9(15)6-11(14)12(10)16-7-8-1-3-17-4-2-8/h5-6,8,16H,1-4,7,15H2. The molecule has 1 fully saturated rings. The lowest BCUT2D eigenvalue weighted by Gasteiger charge is -2.22. The SMILES string of the molecule is Nc1cc(Cl)c(NCC2CCSCC2)c(Cl)c1. The van der Waals surface area contributed by atoms with Gasteiger partial charge in [0.2, 0.25) is 0 Å². The van der Waals surface area contributed by atoms with Crippen LogP contribution in [0.1, 0.15) is 12.8 Å². The molecule has 0 aromatic heterocycles. The van der Waals surface area contributed by atoms with Gasteiger partial charge in [0, 0.05) is 12.2 Å². The highest BCUT2D eigenvalue weighted by molar-refractivity contribution is 7.99. The first-order valence-electron chi connectivity index (χ1n) is 5.73. The van der Waals surface area contributed by atoms with Gasteiger partial charge < -0.3 is 11.1 Å². The molecule has 1 aliphatic heterocycles. The van der Waals surface area contributed by atoms with E-state index in [0.717, 1.165) is 18.2 Å². The molecule has 0 aliphatic carbocycles. The maximum Gasteiger partial charge on any atom is 0.0720 e. The number of benzene rings is 1. The molecule has 2 rings (SSSR count). The summed E-state index contributed by atoms with van der Waals surface area (Å²) >= 11 is 14.3. The van der Waals surface area contributed by atoms with Gasteiger partial charge in [0.1, 0.15) is 0 Å². The van der Waals surface area contributed by atoms with Gasteiger partial charge in [-0.3, -0.25) is 0 Å². The number of halogens is 2. The average Bonchev–Trinajstić information content (AvgIpc) is 2.29. The zero-order valence-electron chi connectivity index (χ0n) is 9.51. The summed E-state index contributed by atoms with van der Waals surface area (Å²) in [5.41, 5.74) is 7.07. The van der Waals surface area contributed by atoms with Crippen molar-refractivity contribution >= 4 is 46.3 Å². The van der Waals surface area contributed by atoms with E-state index in [1.54, 1.807) is 12.1 Å². The highest BCUT2D eigenvalue weighted by Gasteiger charge is 2.15. The predicted molar refractivity (Wildman–Crippen MR) is 79.4 cm³/mol. The van der Waals surface area contributed by atoms with Crippen molar-refractivity contribution in [3.05, 3.63) is 22.2 Å². The Morgan fingerprint density at radius 1 is 1.24 bits per heavy atom. The number of rotatable bonds is 3. The van der Waals surface area contributed by atoms with Crippen molar-refractivity contribution in [3.8, 4) is 0 Å². The molecule has 94 valence electrons. The van der Waals surface area contributed by atoms with Gasteiger partial charge >= 0.3 is 0 Å². The summed E-state index contributed by atoms with van der Waals surface area (Å²) in [4.78, 5) is 0. The smallest absolute Gasteiger partial charge is 0.0720 e. The summed E-state index contributed by atoms with van der Waals surface area (Å²) < 4.78 is 0. The number of hydrogen-bond acceptors (Lipinski definition) is 3. The summed E-state index contributed by atoms with van der Waals surface area (Å²) in [6.45, 7) is 0.934. The largest absolute Gasteiger partial charge is 0.399 e. The van der Waals surface area contributed by atoms with Crippen molar-refractivity contribution in [2.75, 3.05) is 29.1 Å². The monoisotopic (exact) mass is 290 g/mol. The van der Waals surface area contributed by atoms with E-state index < -0.39 is 0 Å². The van der Waals surface area contributed by atoms with Gasteiger partial charge in [-0.2, -0.15) is 11.8 Å². The van der Waals surface area contributed by atoms with Crippen molar-refractivity contribution in [2.45, 2.75) is 12.8 Å². The second-order valence-electron chi connectivity index (χ2n) is 4.30. The van der Waals surface area contributed by atoms with Crippen LogP contribution in [0.3, 0.4) is 0 Å². The second-order valence-corrected chi connectivity index (χ2v) is 6.34. The van der Waals surface area contributed by atoms with Gasteiger partial charge in [-0.15, -0.1) is 0 Å². The van der Waals surface area contributed by atoms with Crippen molar-refractivity contribution < 1.29 is 0 Å². The van der Waals surface area contributed by atoms with E-state index >= 15 is 0 Å². The Morgan fingerprint density at radius 3 is 2.41 bits per heavy atom.